The first kappa shape index (κ1) is 13.1. The minimum absolute atomic E-state index is 0.156. The predicted octanol–water partition coefficient (Wildman–Crippen LogP) is 3.81. The number of aromatic nitrogens is 1. The molecule has 0 bridgehead atoms. The number of ether oxygens (including phenoxy) is 1. The lowest BCUT2D eigenvalue weighted by atomic mass is 10.3. The Labute approximate surface area is 119 Å². The molecule has 0 aliphatic rings. The van der Waals surface area contributed by atoms with Gasteiger partial charge in [-0.3, -0.25) is 0 Å². The molecule has 2 aromatic rings. The summed E-state index contributed by atoms with van der Waals surface area (Å²) >= 11 is 16.8. The summed E-state index contributed by atoms with van der Waals surface area (Å²) in [6.07, 6.45) is 1.58. The SMILES string of the molecule is NC(=S)c1ncccc1Oc1cccc(Cl)c1Cl. The van der Waals surface area contributed by atoms with Crippen molar-refractivity contribution in [1.82, 2.24) is 4.98 Å². The average Bonchev–Trinajstić information content (AvgIpc) is 2.35. The van der Waals surface area contributed by atoms with Gasteiger partial charge in [0.25, 0.3) is 0 Å². The maximum atomic E-state index is 6.03. The van der Waals surface area contributed by atoms with Crippen LogP contribution < -0.4 is 10.5 Å². The second-order valence-corrected chi connectivity index (χ2v) is 4.59. The number of hydrogen-bond donors (Lipinski definition) is 1. The van der Waals surface area contributed by atoms with Gasteiger partial charge in [-0.15, -0.1) is 0 Å². The molecule has 0 fully saturated rings. The normalized spacial score (nSPS) is 10.1. The van der Waals surface area contributed by atoms with E-state index in [0.717, 1.165) is 0 Å². The number of benzene rings is 1. The molecule has 18 heavy (non-hydrogen) atoms. The summed E-state index contributed by atoms with van der Waals surface area (Å²) in [5.41, 5.74) is 5.97. The van der Waals surface area contributed by atoms with E-state index in [2.05, 4.69) is 4.98 Å². The van der Waals surface area contributed by atoms with Crippen LogP contribution in [0.25, 0.3) is 0 Å². The summed E-state index contributed by atoms with van der Waals surface area (Å²) < 4.78 is 5.64. The lowest BCUT2D eigenvalue weighted by Gasteiger charge is -2.10. The number of nitrogens with two attached hydrogens (primary N) is 1. The van der Waals surface area contributed by atoms with Crippen molar-refractivity contribution in [2.24, 2.45) is 5.73 Å². The maximum Gasteiger partial charge on any atom is 0.156 e. The van der Waals surface area contributed by atoms with Crippen LogP contribution in [-0.4, -0.2) is 9.97 Å². The third-order valence-electron chi connectivity index (χ3n) is 2.14. The molecule has 0 spiro atoms. The van der Waals surface area contributed by atoms with Crippen LogP contribution in [0.4, 0.5) is 0 Å². The Bertz CT molecular complexity index is 604. The highest BCUT2D eigenvalue weighted by Gasteiger charge is 2.11. The van der Waals surface area contributed by atoms with Gasteiger partial charge in [0.2, 0.25) is 0 Å². The molecule has 0 saturated carbocycles. The van der Waals surface area contributed by atoms with Crippen LogP contribution in [0.5, 0.6) is 11.5 Å². The Morgan fingerprint density at radius 2 is 1.89 bits per heavy atom. The third kappa shape index (κ3) is 2.72. The van der Waals surface area contributed by atoms with Crippen molar-refractivity contribution < 1.29 is 4.74 Å². The highest BCUT2D eigenvalue weighted by molar-refractivity contribution is 7.80. The average molecular weight is 299 g/mol. The summed E-state index contributed by atoms with van der Waals surface area (Å²) in [5.74, 6) is 0.865. The Morgan fingerprint density at radius 1 is 1.17 bits per heavy atom. The first-order valence-electron chi connectivity index (χ1n) is 4.96. The number of nitrogens with zero attached hydrogens (tertiary/aromatic N) is 1. The van der Waals surface area contributed by atoms with E-state index in [1.165, 1.54) is 0 Å². The largest absolute Gasteiger partial charge is 0.453 e. The third-order valence-corrected chi connectivity index (χ3v) is 3.14. The predicted molar refractivity (Wildman–Crippen MR) is 76.7 cm³/mol. The molecule has 1 heterocycles. The van der Waals surface area contributed by atoms with Crippen molar-refractivity contribution in [3.8, 4) is 11.5 Å². The molecule has 0 aliphatic heterocycles. The van der Waals surface area contributed by atoms with Gasteiger partial charge in [0.1, 0.15) is 21.5 Å². The molecule has 6 heteroatoms. The van der Waals surface area contributed by atoms with Gasteiger partial charge in [0.15, 0.2) is 5.75 Å². The number of pyridine rings is 1. The van der Waals surface area contributed by atoms with E-state index in [0.29, 0.717) is 27.2 Å². The molecule has 0 unspecified atom stereocenters. The molecule has 0 atom stereocenters. The van der Waals surface area contributed by atoms with Crippen LogP contribution in [0.2, 0.25) is 10.0 Å². The molecule has 0 amide bonds. The lowest BCUT2D eigenvalue weighted by Crippen LogP contribution is -2.12. The molecule has 0 saturated heterocycles. The van der Waals surface area contributed by atoms with Crippen molar-refractivity contribution in [2.75, 3.05) is 0 Å². The van der Waals surface area contributed by atoms with Crippen molar-refractivity contribution in [1.29, 1.82) is 0 Å². The van der Waals surface area contributed by atoms with Crippen molar-refractivity contribution in [3.05, 3.63) is 52.3 Å². The maximum absolute atomic E-state index is 6.03. The highest BCUT2D eigenvalue weighted by Crippen LogP contribution is 2.35. The zero-order valence-electron chi connectivity index (χ0n) is 9.06. The smallest absolute Gasteiger partial charge is 0.156 e. The van der Waals surface area contributed by atoms with Crippen LogP contribution in [0.15, 0.2) is 36.5 Å². The van der Waals surface area contributed by atoms with Crippen molar-refractivity contribution in [2.45, 2.75) is 0 Å². The van der Waals surface area contributed by atoms with Gasteiger partial charge in [-0.25, -0.2) is 4.98 Å². The Kier molecular flexibility index (Phi) is 4.01. The first-order chi connectivity index (χ1) is 8.59. The van der Waals surface area contributed by atoms with Crippen LogP contribution in [0.1, 0.15) is 5.69 Å². The van der Waals surface area contributed by atoms with Gasteiger partial charge < -0.3 is 10.5 Å². The fourth-order valence-electron chi connectivity index (χ4n) is 1.34. The van der Waals surface area contributed by atoms with E-state index in [1.807, 2.05) is 0 Å². The highest BCUT2D eigenvalue weighted by atomic mass is 35.5. The summed E-state index contributed by atoms with van der Waals surface area (Å²) in [6.45, 7) is 0. The van der Waals surface area contributed by atoms with Gasteiger partial charge in [0.05, 0.1) is 5.02 Å². The summed E-state index contributed by atoms with van der Waals surface area (Å²) in [7, 11) is 0. The van der Waals surface area contributed by atoms with E-state index in [1.54, 1.807) is 36.5 Å². The van der Waals surface area contributed by atoms with Gasteiger partial charge in [-0.05, 0) is 24.3 Å². The Morgan fingerprint density at radius 3 is 2.61 bits per heavy atom. The Balaban J connectivity index is 2.40. The zero-order chi connectivity index (χ0) is 13.1. The van der Waals surface area contributed by atoms with Crippen molar-refractivity contribution >= 4 is 40.4 Å². The van der Waals surface area contributed by atoms with Crippen LogP contribution in [0, 0.1) is 0 Å². The number of halogens is 2. The van der Waals surface area contributed by atoms with Crippen molar-refractivity contribution in [3.63, 3.8) is 0 Å². The van der Waals surface area contributed by atoms with Crippen LogP contribution in [-0.2, 0) is 0 Å². The number of thiocarbonyl (C=S) groups is 1. The second-order valence-electron chi connectivity index (χ2n) is 3.37. The molecule has 0 radical (unpaired) electrons. The molecule has 0 aliphatic carbocycles. The minimum atomic E-state index is 0.156. The molecule has 1 aromatic carbocycles. The number of rotatable bonds is 3. The minimum Gasteiger partial charge on any atom is -0.453 e. The molecule has 92 valence electrons. The molecule has 2 N–H and O–H groups in total. The molecular weight excluding hydrogens is 291 g/mol. The van der Waals surface area contributed by atoms with Gasteiger partial charge in [-0.1, -0.05) is 41.5 Å². The van der Waals surface area contributed by atoms with E-state index in [4.69, 9.17) is 45.9 Å². The first-order valence-corrected chi connectivity index (χ1v) is 6.12. The van der Waals surface area contributed by atoms with E-state index in [-0.39, 0.29) is 4.99 Å². The van der Waals surface area contributed by atoms with E-state index < -0.39 is 0 Å². The van der Waals surface area contributed by atoms with E-state index in [9.17, 15) is 0 Å². The van der Waals surface area contributed by atoms with Crippen LogP contribution in [0.3, 0.4) is 0 Å². The fourth-order valence-corrected chi connectivity index (χ4v) is 1.82. The zero-order valence-corrected chi connectivity index (χ0v) is 11.4. The van der Waals surface area contributed by atoms with E-state index >= 15 is 0 Å². The second kappa shape index (κ2) is 5.52. The summed E-state index contributed by atoms with van der Waals surface area (Å²) in [6, 6.07) is 8.54. The molecule has 3 nitrogen and oxygen atoms in total. The standard InChI is InChI=1S/C12H8Cl2N2OS/c13-7-3-1-4-8(10(7)14)17-9-5-2-6-16-11(9)12(15)18/h1-6H,(H2,15,18). The van der Waals surface area contributed by atoms with Gasteiger partial charge in [-0.2, -0.15) is 0 Å². The van der Waals surface area contributed by atoms with Gasteiger partial charge in [0, 0.05) is 6.20 Å². The summed E-state index contributed by atoms with van der Waals surface area (Å²) in [5, 5.41) is 0.742. The molecule has 2 rings (SSSR count). The molecule has 1 aromatic heterocycles. The summed E-state index contributed by atoms with van der Waals surface area (Å²) in [4.78, 5) is 4.22. The van der Waals surface area contributed by atoms with Gasteiger partial charge >= 0.3 is 0 Å². The lowest BCUT2D eigenvalue weighted by molar-refractivity contribution is 0.479. The quantitative estimate of drug-likeness (QED) is 0.875. The topological polar surface area (TPSA) is 48.1 Å². The monoisotopic (exact) mass is 298 g/mol. The fraction of sp³-hybridized carbons (Fsp3) is 0. The Hall–Kier alpha value is -1.36. The number of hydrogen-bond acceptors (Lipinski definition) is 3. The molecular formula is C12H8Cl2N2OS. The van der Waals surface area contributed by atoms with Crippen LogP contribution >= 0.6 is 35.4 Å².